The Bertz CT molecular complexity index is 1150. The number of nitrogens with one attached hydrogen (secondary N) is 1. The maximum atomic E-state index is 12.9. The van der Waals surface area contributed by atoms with Crippen LogP contribution in [0.5, 0.6) is 0 Å². The number of carbonyl (C=O) groups excluding carboxylic acids is 4. The molecule has 1 aliphatic carbocycles. The number of ether oxygens (including phenoxy) is 1. The second kappa shape index (κ2) is 10.1. The van der Waals surface area contributed by atoms with Gasteiger partial charge < -0.3 is 10.1 Å². The Morgan fingerprint density at radius 1 is 0.971 bits per heavy atom. The van der Waals surface area contributed by atoms with Crippen molar-refractivity contribution in [3.05, 3.63) is 58.1 Å². The summed E-state index contributed by atoms with van der Waals surface area (Å²) in [5.74, 6) is -3.23. The largest absolute Gasteiger partial charge is 0.452 e. The molecule has 3 amide bonds. The smallest absolute Gasteiger partial charge is 0.338 e. The van der Waals surface area contributed by atoms with E-state index in [0.29, 0.717) is 12.8 Å². The standard InChI is InChI=1S/C23H18Cl4N2O5/c24-15-5-2-6-18(20(15)27)28-19(30)10-34-23(33)11-3-1-4-12(7-11)29-21(31)13-8-16(25)17(26)9-14(13)22(29)32/h1-7,13-14,16-17H,8-10H2,(H,28,30)/t13-,14-,16-,17+/m1/s1. The first-order chi connectivity index (χ1) is 16.2. The Kier molecular flexibility index (Phi) is 7.38. The third-order valence-electron chi connectivity index (χ3n) is 5.81. The van der Waals surface area contributed by atoms with Crippen molar-refractivity contribution in [2.75, 3.05) is 16.8 Å². The second-order valence-electron chi connectivity index (χ2n) is 8.00. The van der Waals surface area contributed by atoms with Crippen LogP contribution >= 0.6 is 46.4 Å². The van der Waals surface area contributed by atoms with Crippen LogP contribution in [0, 0.1) is 11.8 Å². The van der Waals surface area contributed by atoms with Crippen molar-refractivity contribution in [2.24, 2.45) is 11.8 Å². The zero-order valence-electron chi connectivity index (χ0n) is 17.5. The summed E-state index contributed by atoms with van der Waals surface area (Å²) in [6.07, 6.45) is 0.629. The zero-order chi connectivity index (χ0) is 24.6. The van der Waals surface area contributed by atoms with Gasteiger partial charge in [0.15, 0.2) is 6.61 Å². The Balaban J connectivity index is 1.42. The van der Waals surface area contributed by atoms with E-state index < -0.39 is 41.1 Å². The predicted molar refractivity (Wildman–Crippen MR) is 130 cm³/mol. The number of hydrogen-bond donors (Lipinski definition) is 1. The Morgan fingerprint density at radius 2 is 1.59 bits per heavy atom. The highest BCUT2D eigenvalue weighted by atomic mass is 35.5. The van der Waals surface area contributed by atoms with Gasteiger partial charge in [-0.1, -0.05) is 35.3 Å². The molecule has 2 fully saturated rings. The Hall–Kier alpha value is -2.32. The SMILES string of the molecule is O=C(COC(=O)c1cccc(N2C(=O)[C@@H]3C[C@@H](Cl)[C@@H](Cl)C[C@H]3C2=O)c1)Nc1cccc(Cl)c1Cl. The van der Waals surface area contributed by atoms with E-state index in [1.54, 1.807) is 24.3 Å². The number of carbonyl (C=O) groups is 4. The predicted octanol–water partition coefficient (Wildman–Crippen LogP) is 4.90. The van der Waals surface area contributed by atoms with Crippen LogP contribution in [-0.4, -0.2) is 41.1 Å². The summed E-state index contributed by atoms with van der Waals surface area (Å²) in [4.78, 5) is 51.6. The third-order valence-corrected chi connectivity index (χ3v) is 7.72. The molecule has 11 heteroatoms. The molecule has 7 nitrogen and oxygen atoms in total. The van der Waals surface area contributed by atoms with Crippen molar-refractivity contribution >= 4 is 81.5 Å². The number of esters is 1. The van der Waals surface area contributed by atoms with Crippen LogP contribution in [0.4, 0.5) is 11.4 Å². The van der Waals surface area contributed by atoms with E-state index >= 15 is 0 Å². The molecule has 1 aliphatic heterocycles. The summed E-state index contributed by atoms with van der Waals surface area (Å²) in [5.41, 5.74) is 0.598. The fourth-order valence-corrected chi connectivity index (χ4v) is 5.06. The normalized spacial score (nSPS) is 24.1. The molecule has 2 aromatic rings. The van der Waals surface area contributed by atoms with E-state index in [0.717, 1.165) is 4.90 Å². The van der Waals surface area contributed by atoms with Gasteiger partial charge in [-0.25, -0.2) is 4.79 Å². The van der Waals surface area contributed by atoms with E-state index in [2.05, 4.69) is 5.32 Å². The lowest BCUT2D eigenvalue weighted by atomic mass is 9.80. The van der Waals surface area contributed by atoms with Gasteiger partial charge >= 0.3 is 5.97 Å². The highest BCUT2D eigenvalue weighted by Gasteiger charge is 2.52. The van der Waals surface area contributed by atoms with Crippen LogP contribution in [0.25, 0.3) is 0 Å². The number of halogens is 4. The number of alkyl halides is 2. The van der Waals surface area contributed by atoms with Gasteiger partial charge in [-0.15, -0.1) is 23.2 Å². The number of rotatable bonds is 5. The fraction of sp³-hybridized carbons (Fsp3) is 0.304. The van der Waals surface area contributed by atoms with Crippen molar-refractivity contribution in [2.45, 2.75) is 23.6 Å². The van der Waals surface area contributed by atoms with Crippen molar-refractivity contribution in [3.8, 4) is 0 Å². The molecule has 1 heterocycles. The lowest BCUT2D eigenvalue weighted by Crippen LogP contribution is -2.34. The first-order valence-corrected chi connectivity index (χ1v) is 12.0. The van der Waals surface area contributed by atoms with Crippen LogP contribution in [0.1, 0.15) is 23.2 Å². The summed E-state index contributed by atoms with van der Waals surface area (Å²) in [7, 11) is 0. The van der Waals surface area contributed by atoms with Crippen LogP contribution in [0.3, 0.4) is 0 Å². The van der Waals surface area contributed by atoms with Crippen molar-refractivity contribution in [3.63, 3.8) is 0 Å². The average Bonchev–Trinajstić information content (AvgIpc) is 3.05. The molecule has 4 atom stereocenters. The van der Waals surface area contributed by atoms with Gasteiger partial charge in [0.25, 0.3) is 5.91 Å². The number of hydrogen-bond acceptors (Lipinski definition) is 5. The van der Waals surface area contributed by atoms with Crippen LogP contribution < -0.4 is 10.2 Å². The highest BCUT2D eigenvalue weighted by molar-refractivity contribution is 6.44. The quantitative estimate of drug-likeness (QED) is 0.329. The summed E-state index contributed by atoms with van der Waals surface area (Å²) in [6.45, 7) is -0.578. The lowest BCUT2D eigenvalue weighted by molar-refractivity contribution is -0.122. The lowest BCUT2D eigenvalue weighted by Gasteiger charge is -2.28. The van der Waals surface area contributed by atoms with Gasteiger partial charge in [-0.3, -0.25) is 19.3 Å². The van der Waals surface area contributed by atoms with Crippen LogP contribution in [-0.2, 0) is 19.1 Å². The first-order valence-electron chi connectivity index (χ1n) is 10.3. The van der Waals surface area contributed by atoms with Gasteiger partial charge in [0.1, 0.15) is 0 Å². The molecule has 0 unspecified atom stereocenters. The number of amides is 3. The fourth-order valence-electron chi connectivity index (χ4n) is 4.12. The summed E-state index contributed by atoms with van der Waals surface area (Å²) >= 11 is 24.4. The zero-order valence-corrected chi connectivity index (χ0v) is 20.5. The molecule has 1 saturated carbocycles. The molecule has 0 aromatic heterocycles. The van der Waals surface area contributed by atoms with Crippen LogP contribution in [0.2, 0.25) is 10.0 Å². The molecule has 2 aromatic carbocycles. The highest BCUT2D eigenvalue weighted by Crippen LogP contribution is 2.43. The minimum absolute atomic E-state index is 0.0759. The van der Waals surface area contributed by atoms with E-state index in [1.165, 1.54) is 18.2 Å². The Morgan fingerprint density at radius 3 is 2.24 bits per heavy atom. The maximum absolute atomic E-state index is 12.9. The van der Waals surface area contributed by atoms with Gasteiger partial charge in [0.05, 0.1) is 49.6 Å². The van der Waals surface area contributed by atoms with E-state index in [1.807, 2.05) is 0 Å². The summed E-state index contributed by atoms with van der Waals surface area (Å²) in [6, 6.07) is 10.6. The molecule has 178 valence electrons. The molecule has 0 bridgehead atoms. The van der Waals surface area contributed by atoms with Crippen molar-refractivity contribution < 1.29 is 23.9 Å². The molecule has 1 N–H and O–H groups in total. The monoisotopic (exact) mass is 542 g/mol. The number of nitrogens with zero attached hydrogens (tertiary/aromatic N) is 1. The van der Waals surface area contributed by atoms with Crippen LogP contribution in [0.15, 0.2) is 42.5 Å². The first kappa shape index (κ1) is 24.8. The van der Waals surface area contributed by atoms with Gasteiger partial charge in [0.2, 0.25) is 11.8 Å². The Labute approximate surface area is 215 Å². The third kappa shape index (κ3) is 4.89. The molecule has 1 saturated heterocycles. The molecular weight excluding hydrogens is 526 g/mol. The topological polar surface area (TPSA) is 92.8 Å². The van der Waals surface area contributed by atoms with E-state index in [-0.39, 0.29) is 38.8 Å². The van der Waals surface area contributed by atoms with Gasteiger partial charge in [0, 0.05) is 0 Å². The molecule has 34 heavy (non-hydrogen) atoms. The molecule has 0 spiro atoms. The summed E-state index contributed by atoms with van der Waals surface area (Å²) < 4.78 is 5.08. The average molecular weight is 544 g/mol. The second-order valence-corrected chi connectivity index (χ2v) is 9.91. The van der Waals surface area contributed by atoms with E-state index in [9.17, 15) is 19.2 Å². The van der Waals surface area contributed by atoms with Gasteiger partial charge in [-0.2, -0.15) is 0 Å². The summed E-state index contributed by atoms with van der Waals surface area (Å²) in [5, 5.41) is 2.15. The maximum Gasteiger partial charge on any atom is 0.338 e. The van der Waals surface area contributed by atoms with Gasteiger partial charge in [-0.05, 0) is 43.2 Å². The number of fused-ring (bicyclic) bond motifs is 1. The number of benzene rings is 2. The molecule has 0 radical (unpaired) electrons. The van der Waals surface area contributed by atoms with E-state index in [4.69, 9.17) is 51.1 Å². The molecule has 2 aliphatic rings. The molecule has 4 rings (SSSR count). The number of imide groups is 1. The minimum atomic E-state index is -0.799. The minimum Gasteiger partial charge on any atom is -0.452 e. The number of anilines is 2. The molecular formula is C23H18Cl4N2O5. The van der Waals surface area contributed by atoms with Crippen molar-refractivity contribution in [1.82, 2.24) is 0 Å². The van der Waals surface area contributed by atoms with Crippen molar-refractivity contribution in [1.29, 1.82) is 0 Å².